The fourth-order valence-corrected chi connectivity index (χ4v) is 3.51. The summed E-state index contributed by atoms with van der Waals surface area (Å²) in [5.41, 5.74) is 11.8. The van der Waals surface area contributed by atoms with Crippen LogP contribution in [-0.4, -0.2) is 70.8 Å². The average Bonchev–Trinajstić information content (AvgIpc) is 3.25. The van der Waals surface area contributed by atoms with Gasteiger partial charge in [-0.2, -0.15) is 0 Å². The van der Waals surface area contributed by atoms with Crippen LogP contribution in [0.2, 0.25) is 0 Å². The number of carboxylic acids is 1. The fraction of sp³-hybridized carbons (Fsp3) is 0.476. The van der Waals surface area contributed by atoms with Gasteiger partial charge in [-0.1, -0.05) is 30.3 Å². The van der Waals surface area contributed by atoms with Gasteiger partial charge in [-0.15, -0.1) is 0 Å². The number of amides is 4. The molecule has 1 aliphatic rings. The van der Waals surface area contributed by atoms with Gasteiger partial charge in [0.05, 0.1) is 12.6 Å². The quantitative estimate of drug-likeness (QED) is 0.273. The van der Waals surface area contributed by atoms with Gasteiger partial charge in [-0.3, -0.25) is 19.2 Å². The number of primary amides is 1. The summed E-state index contributed by atoms with van der Waals surface area (Å²) in [6.45, 7) is -0.0168. The van der Waals surface area contributed by atoms with Crippen molar-refractivity contribution in [2.45, 2.75) is 50.2 Å². The van der Waals surface area contributed by atoms with Crippen LogP contribution in [0.15, 0.2) is 30.3 Å². The smallest absolute Gasteiger partial charge is 0.326 e. The van der Waals surface area contributed by atoms with Crippen molar-refractivity contribution in [2.75, 3.05) is 13.1 Å². The molecular weight excluding hydrogens is 418 g/mol. The summed E-state index contributed by atoms with van der Waals surface area (Å²) in [7, 11) is 0. The number of nitrogens with zero attached hydrogens (tertiary/aromatic N) is 1. The first-order chi connectivity index (χ1) is 15.2. The molecule has 1 aromatic rings. The molecule has 2 rings (SSSR count). The molecule has 3 atom stereocenters. The monoisotopic (exact) mass is 447 g/mol. The Balaban J connectivity index is 1.87. The van der Waals surface area contributed by atoms with Crippen LogP contribution in [0.3, 0.4) is 0 Å². The van der Waals surface area contributed by atoms with E-state index in [1.807, 2.05) is 30.3 Å². The van der Waals surface area contributed by atoms with Crippen LogP contribution >= 0.6 is 0 Å². The lowest BCUT2D eigenvalue weighted by Crippen LogP contribution is -2.53. The van der Waals surface area contributed by atoms with E-state index < -0.39 is 47.7 Å². The Morgan fingerprint density at radius 2 is 1.84 bits per heavy atom. The summed E-state index contributed by atoms with van der Waals surface area (Å²) < 4.78 is 0. The van der Waals surface area contributed by atoms with Crippen LogP contribution in [-0.2, 0) is 30.4 Å². The number of carbonyl (C=O) groups is 5. The van der Waals surface area contributed by atoms with Gasteiger partial charge in [0.15, 0.2) is 0 Å². The highest BCUT2D eigenvalue weighted by Gasteiger charge is 2.36. The van der Waals surface area contributed by atoms with Crippen LogP contribution in [0.25, 0.3) is 0 Å². The molecule has 4 amide bonds. The van der Waals surface area contributed by atoms with Crippen molar-refractivity contribution in [3.8, 4) is 0 Å². The van der Waals surface area contributed by atoms with Crippen LogP contribution in [0.4, 0.5) is 0 Å². The number of rotatable bonds is 11. The Bertz CT molecular complexity index is 846. The molecule has 3 unspecified atom stereocenters. The SMILES string of the molecule is NC(=O)CCC(NC(=O)C1CCCN1C(=O)CNC(=O)C(N)Cc1ccccc1)C(=O)O. The van der Waals surface area contributed by atoms with Gasteiger partial charge in [-0.25, -0.2) is 4.79 Å². The molecule has 0 radical (unpaired) electrons. The van der Waals surface area contributed by atoms with Gasteiger partial charge < -0.3 is 32.1 Å². The second kappa shape index (κ2) is 11.8. The number of nitrogens with one attached hydrogen (secondary N) is 2. The van der Waals surface area contributed by atoms with Crippen molar-refractivity contribution >= 4 is 29.6 Å². The predicted molar refractivity (Wildman–Crippen MR) is 114 cm³/mol. The standard InChI is InChI=1S/C21H29N5O6/c22-14(11-13-5-2-1-3-6-13)19(29)24-12-18(28)26-10-4-7-16(26)20(30)25-15(21(31)32)8-9-17(23)27/h1-3,5-6,14-16H,4,7-12,22H2,(H2,23,27)(H,24,29)(H,25,30)(H,31,32). The first kappa shape index (κ1) is 24.8. The van der Waals surface area contributed by atoms with Crippen molar-refractivity contribution < 1.29 is 29.1 Å². The predicted octanol–water partition coefficient (Wildman–Crippen LogP) is -1.50. The Morgan fingerprint density at radius 3 is 2.47 bits per heavy atom. The molecule has 32 heavy (non-hydrogen) atoms. The summed E-state index contributed by atoms with van der Waals surface area (Å²) in [6, 6.07) is 6.25. The van der Waals surface area contributed by atoms with Crippen LogP contribution in [0, 0.1) is 0 Å². The lowest BCUT2D eigenvalue weighted by molar-refractivity contribution is -0.144. The largest absolute Gasteiger partial charge is 0.480 e. The molecule has 1 saturated heterocycles. The zero-order valence-electron chi connectivity index (χ0n) is 17.7. The molecular formula is C21H29N5O6. The number of hydrogen-bond acceptors (Lipinski definition) is 6. The van der Waals surface area contributed by atoms with E-state index in [1.165, 1.54) is 4.90 Å². The summed E-state index contributed by atoms with van der Waals surface area (Å²) in [4.78, 5) is 61.0. The number of benzene rings is 1. The van der Waals surface area contributed by atoms with E-state index >= 15 is 0 Å². The summed E-state index contributed by atoms with van der Waals surface area (Å²) >= 11 is 0. The number of aliphatic carboxylic acids is 1. The summed E-state index contributed by atoms with van der Waals surface area (Å²) in [5.74, 6) is -3.55. The van der Waals surface area contributed by atoms with E-state index in [-0.39, 0.29) is 19.4 Å². The van der Waals surface area contributed by atoms with E-state index in [1.54, 1.807) is 0 Å². The molecule has 174 valence electrons. The van der Waals surface area contributed by atoms with Crippen LogP contribution in [0.1, 0.15) is 31.2 Å². The molecule has 1 aromatic carbocycles. The van der Waals surface area contributed by atoms with Gasteiger partial charge in [0, 0.05) is 13.0 Å². The number of carboxylic acid groups (broad SMARTS) is 1. The molecule has 0 aliphatic carbocycles. The Hall–Kier alpha value is -3.47. The van der Waals surface area contributed by atoms with Crippen molar-refractivity contribution in [1.82, 2.24) is 15.5 Å². The minimum Gasteiger partial charge on any atom is -0.480 e. The van der Waals surface area contributed by atoms with Gasteiger partial charge in [0.25, 0.3) is 0 Å². The summed E-state index contributed by atoms with van der Waals surface area (Å²) in [6.07, 6.45) is 0.898. The Kier molecular flexibility index (Phi) is 9.14. The van der Waals surface area contributed by atoms with Crippen molar-refractivity contribution in [1.29, 1.82) is 0 Å². The Labute approximate surface area is 185 Å². The van der Waals surface area contributed by atoms with Gasteiger partial charge in [-0.05, 0) is 31.2 Å². The molecule has 0 saturated carbocycles. The van der Waals surface area contributed by atoms with Crippen molar-refractivity contribution in [3.05, 3.63) is 35.9 Å². The van der Waals surface area contributed by atoms with E-state index in [2.05, 4.69) is 10.6 Å². The topological polar surface area (TPSA) is 185 Å². The minimum atomic E-state index is -1.30. The average molecular weight is 447 g/mol. The molecule has 1 fully saturated rings. The fourth-order valence-electron chi connectivity index (χ4n) is 3.51. The second-order valence-electron chi connectivity index (χ2n) is 7.66. The van der Waals surface area contributed by atoms with Crippen LogP contribution < -0.4 is 22.1 Å². The lowest BCUT2D eigenvalue weighted by Gasteiger charge is -2.26. The minimum absolute atomic E-state index is 0.146. The van der Waals surface area contributed by atoms with E-state index in [0.717, 1.165) is 5.56 Å². The number of carbonyl (C=O) groups excluding carboxylic acids is 4. The lowest BCUT2D eigenvalue weighted by atomic mass is 10.1. The maximum Gasteiger partial charge on any atom is 0.326 e. The Morgan fingerprint density at radius 1 is 1.16 bits per heavy atom. The first-order valence-electron chi connectivity index (χ1n) is 10.4. The molecule has 11 nitrogen and oxygen atoms in total. The first-order valence-corrected chi connectivity index (χ1v) is 10.4. The third kappa shape index (κ3) is 7.34. The maximum atomic E-state index is 12.6. The number of nitrogens with two attached hydrogens (primary N) is 2. The van der Waals surface area contributed by atoms with Gasteiger partial charge >= 0.3 is 5.97 Å². The molecule has 0 bridgehead atoms. The molecule has 1 heterocycles. The molecule has 0 aromatic heterocycles. The third-order valence-corrected chi connectivity index (χ3v) is 5.22. The van der Waals surface area contributed by atoms with E-state index in [0.29, 0.717) is 25.8 Å². The second-order valence-corrected chi connectivity index (χ2v) is 7.66. The number of hydrogen-bond donors (Lipinski definition) is 5. The van der Waals surface area contributed by atoms with Crippen molar-refractivity contribution in [3.63, 3.8) is 0 Å². The van der Waals surface area contributed by atoms with Gasteiger partial charge in [0.2, 0.25) is 23.6 Å². The molecule has 0 spiro atoms. The normalized spacial score (nSPS) is 17.3. The molecule has 7 N–H and O–H groups in total. The highest BCUT2D eigenvalue weighted by molar-refractivity contribution is 5.93. The zero-order chi connectivity index (χ0) is 23.7. The highest BCUT2D eigenvalue weighted by atomic mass is 16.4. The van der Waals surface area contributed by atoms with Crippen LogP contribution in [0.5, 0.6) is 0 Å². The molecule has 11 heteroatoms. The van der Waals surface area contributed by atoms with Crippen molar-refractivity contribution in [2.24, 2.45) is 11.5 Å². The highest BCUT2D eigenvalue weighted by Crippen LogP contribution is 2.18. The van der Waals surface area contributed by atoms with Gasteiger partial charge in [0.1, 0.15) is 12.1 Å². The molecule has 1 aliphatic heterocycles. The third-order valence-electron chi connectivity index (χ3n) is 5.22. The maximum absolute atomic E-state index is 12.6. The van der Waals surface area contributed by atoms with E-state index in [9.17, 15) is 29.1 Å². The number of likely N-dealkylation sites (tertiary alicyclic amines) is 1. The zero-order valence-corrected chi connectivity index (χ0v) is 17.7. The van der Waals surface area contributed by atoms with E-state index in [4.69, 9.17) is 11.5 Å². The summed E-state index contributed by atoms with van der Waals surface area (Å²) in [5, 5.41) is 14.1.